The number of carbonyl (C=O) groups is 1. The van der Waals surface area contributed by atoms with Gasteiger partial charge in [-0.15, -0.1) is 0 Å². The van der Waals surface area contributed by atoms with Gasteiger partial charge >= 0.3 is 0 Å². The first-order valence-corrected chi connectivity index (χ1v) is 7.68. The average molecular weight is 339 g/mol. The van der Waals surface area contributed by atoms with Gasteiger partial charge in [-0.05, 0) is 24.6 Å². The Balaban J connectivity index is 2.11. The molecule has 5 nitrogen and oxygen atoms in total. The number of halogens is 2. The molecule has 0 fully saturated rings. The van der Waals surface area contributed by atoms with Gasteiger partial charge in [-0.3, -0.25) is 4.79 Å². The second-order valence-corrected chi connectivity index (χ2v) is 5.49. The van der Waals surface area contributed by atoms with Crippen LogP contribution in [-0.4, -0.2) is 22.4 Å². The van der Waals surface area contributed by atoms with Crippen molar-refractivity contribution in [2.45, 2.75) is 19.8 Å². The van der Waals surface area contributed by atoms with Gasteiger partial charge in [-0.2, -0.15) is 0 Å². The van der Waals surface area contributed by atoms with E-state index in [1.807, 2.05) is 0 Å². The van der Waals surface area contributed by atoms with E-state index in [0.29, 0.717) is 33.8 Å². The molecule has 0 aliphatic rings. The monoisotopic (exact) mass is 338 g/mol. The van der Waals surface area contributed by atoms with Crippen molar-refractivity contribution >= 4 is 40.6 Å². The van der Waals surface area contributed by atoms with E-state index in [1.54, 1.807) is 24.3 Å². The van der Waals surface area contributed by atoms with Crippen molar-refractivity contribution in [2.24, 2.45) is 0 Å². The number of hydrogen-bond donors (Lipinski definition) is 2. The summed E-state index contributed by atoms with van der Waals surface area (Å²) in [4.78, 5) is 20.0. The summed E-state index contributed by atoms with van der Waals surface area (Å²) in [5.41, 5.74) is 0.914. The zero-order valence-electron chi connectivity index (χ0n) is 12.1. The molecule has 0 atom stereocenters. The summed E-state index contributed by atoms with van der Waals surface area (Å²) in [5, 5.41) is 6.90. The number of nitrogens with one attached hydrogen (secondary N) is 2. The first kappa shape index (κ1) is 16.5. The van der Waals surface area contributed by atoms with E-state index in [1.165, 1.54) is 6.33 Å². The molecule has 0 aliphatic carbocycles. The molecule has 7 heteroatoms. The Morgan fingerprint density at radius 1 is 1.23 bits per heavy atom. The number of aromatic nitrogens is 2. The highest BCUT2D eigenvalue weighted by atomic mass is 35.5. The van der Waals surface area contributed by atoms with Crippen LogP contribution in [-0.2, 0) is 0 Å². The van der Waals surface area contributed by atoms with Gasteiger partial charge in [0, 0.05) is 17.6 Å². The second kappa shape index (κ2) is 7.96. The Hall–Kier alpha value is -1.85. The number of carbonyl (C=O) groups excluding carboxylic acids is 1. The normalized spacial score (nSPS) is 10.3. The lowest BCUT2D eigenvalue weighted by Gasteiger charge is -2.09. The van der Waals surface area contributed by atoms with Crippen molar-refractivity contribution < 1.29 is 4.79 Å². The highest BCUT2D eigenvalue weighted by Gasteiger charge is 2.09. The lowest BCUT2D eigenvalue weighted by molar-refractivity contribution is 0.0948. The van der Waals surface area contributed by atoms with Crippen LogP contribution in [0, 0.1) is 0 Å². The topological polar surface area (TPSA) is 66.9 Å². The molecule has 0 unspecified atom stereocenters. The fraction of sp³-hybridized carbons (Fsp3) is 0.267. The first-order valence-electron chi connectivity index (χ1n) is 6.92. The van der Waals surface area contributed by atoms with Gasteiger partial charge in [-0.1, -0.05) is 36.5 Å². The predicted octanol–water partition coefficient (Wildman–Crippen LogP) is 4.06. The van der Waals surface area contributed by atoms with E-state index < -0.39 is 0 Å². The number of rotatable bonds is 6. The quantitative estimate of drug-likeness (QED) is 0.779. The maximum Gasteiger partial charge on any atom is 0.270 e. The number of amides is 1. The smallest absolute Gasteiger partial charge is 0.270 e. The van der Waals surface area contributed by atoms with Crippen molar-refractivity contribution in [3.05, 3.63) is 46.3 Å². The van der Waals surface area contributed by atoms with Crippen LogP contribution in [0.3, 0.4) is 0 Å². The largest absolute Gasteiger partial charge is 0.351 e. The Morgan fingerprint density at radius 3 is 2.82 bits per heavy atom. The van der Waals surface area contributed by atoms with Crippen LogP contribution in [0.2, 0.25) is 10.0 Å². The SMILES string of the molecule is CCCCNC(=O)c1cc(Nc2cc(Cl)ccc2Cl)ncn1. The molecule has 2 N–H and O–H groups in total. The summed E-state index contributed by atoms with van der Waals surface area (Å²) in [7, 11) is 0. The van der Waals surface area contributed by atoms with Gasteiger partial charge in [-0.25, -0.2) is 9.97 Å². The van der Waals surface area contributed by atoms with E-state index in [9.17, 15) is 4.79 Å². The van der Waals surface area contributed by atoms with Crippen molar-refractivity contribution in [2.75, 3.05) is 11.9 Å². The van der Waals surface area contributed by atoms with Crippen LogP contribution in [0.25, 0.3) is 0 Å². The molecule has 2 aromatic rings. The van der Waals surface area contributed by atoms with Gasteiger partial charge in [0.25, 0.3) is 5.91 Å². The van der Waals surface area contributed by atoms with Gasteiger partial charge < -0.3 is 10.6 Å². The van der Waals surface area contributed by atoms with E-state index in [-0.39, 0.29) is 5.91 Å². The van der Waals surface area contributed by atoms with Crippen LogP contribution >= 0.6 is 23.2 Å². The first-order chi connectivity index (χ1) is 10.6. The van der Waals surface area contributed by atoms with Gasteiger partial charge in [0.05, 0.1) is 10.7 Å². The molecule has 0 aliphatic heterocycles. The summed E-state index contributed by atoms with van der Waals surface area (Å²) in [6.45, 7) is 2.69. The molecular weight excluding hydrogens is 323 g/mol. The Kier molecular flexibility index (Phi) is 5.98. The zero-order chi connectivity index (χ0) is 15.9. The number of anilines is 2. The highest BCUT2D eigenvalue weighted by molar-refractivity contribution is 6.35. The summed E-state index contributed by atoms with van der Waals surface area (Å²) in [5.74, 6) is 0.246. The number of unbranched alkanes of at least 4 members (excludes halogenated alkanes) is 1. The third-order valence-corrected chi connectivity index (χ3v) is 3.47. The third kappa shape index (κ3) is 4.58. The minimum atomic E-state index is -0.226. The maximum atomic E-state index is 12.0. The molecule has 1 aromatic carbocycles. The van der Waals surface area contributed by atoms with E-state index >= 15 is 0 Å². The molecule has 1 heterocycles. The summed E-state index contributed by atoms with van der Waals surface area (Å²) >= 11 is 12.0. The lowest BCUT2D eigenvalue weighted by atomic mass is 10.3. The molecule has 1 amide bonds. The minimum absolute atomic E-state index is 0.226. The number of nitrogens with zero attached hydrogens (tertiary/aromatic N) is 2. The van der Waals surface area contributed by atoms with Crippen molar-refractivity contribution in [1.82, 2.24) is 15.3 Å². The standard InChI is InChI=1S/C15H16Cl2N4O/c1-2-3-6-18-15(22)13-8-14(20-9-19-13)21-12-7-10(16)4-5-11(12)17/h4-5,7-9H,2-3,6H2,1H3,(H,18,22)(H,19,20,21). The predicted molar refractivity (Wildman–Crippen MR) is 89.0 cm³/mol. The molecule has 0 spiro atoms. The van der Waals surface area contributed by atoms with Crippen LogP contribution in [0.5, 0.6) is 0 Å². The average Bonchev–Trinajstić information content (AvgIpc) is 2.51. The molecule has 2 rings (SSSR count). The molecule has 22 heavy (non-hydrogen) atoms. The van der Waals surface area contributed by atoms with Gasteiger partial charge in [0.1, 0.15) is 17.8 Å². The van der Waals surface area contributed by atoms with Crippen molar-refractivity contribution in [3.63, 3.8) is 0 Å². The summed E-state index contributed by atoms with van der Waals surface area (Å²) in [6, 6.07) is 6.64. The molecule has 1 aromatic heterocycles. The Morgan fingerprint density at radius 2 is 2.05 bits per heavy atom. The molecule has 0 radical (unpaired) electrons. The van der Waals surface area contributed by atoms with E-state index in [0.717, 1.165) is 12.8 Å². The minimum Gasteiger partial charge on any atom is -0.351 e. The van der Waals surface area contributed by atoms with Crippen LogP contribution in [0.1, 0.15) is 30.3 Å². The van der Waals surface area contributed by atoms with E-state index in [2.05, 4.69) is 27.5 Å². The molecule has 116 valence electrons. The highest BCUT2D eigenvalue weighted by Crippen LogP contribution is 2.27. The van der Waals surface area contributed by atoms with Crippen LogP contribution in [0.15, 0.2) is 30.6 Å². The van der Waals surface area contributed by atoms with Gasteiger partial charge in [0.2, 0.25) is 0 Å². The summed E-state index contributed by atoms with van der Waals surface area (Å²) in [6.07, 6.45) is 3.28. The lowest BCUT2D eigenvalue weighted by Crippen LogP contribution is -2.25. The van der Waals surface area contributed by atoms with Crippen molar-refractivity contribution in [3.8, 4) is 0 Å². The Bertz CT molecular complexity index is 664. The molecule has 0 saturated carbocycles. The van der Waals surface area contributed by atoms with Crippen LogP contribution < -0.4 is 10.6 Å². The van der Waals surface area contributed by atoms with Gasteiger partial charge in [0.15, 0.2) is 0 Å². The fourth-order valence-electron chi connectivity index (χ4n) is 1.75. The fourth-order valence-corrected chi connectivity index (χ4v) is 2.09. The molecular formula is C15H16Cl2N4O. The maximum absolute atomic E-state index is 12.0. The Labute approximate surface area is 139 Å². The third-order valence-electron chi connectivity index (χ3n) is 2.91. The number of benzene rings is 1. The van der Waals surface area contributed by atoms with Crippen molar-refractivity contribution in [1.29, 1.82) is 0 Å². The second-order valence-electron chi connectivity index (χ2n) is 4.65. The zero-order valence-corrected chi connectivity index (χ0v) is 13.6. The molecule has 0 saturated heterocycles. The van der Waals surface area contributed by atoms with Crippen LogP contribution in [0.4, 0.5) is 11.5 Å². The molecule has 0 bridgehead atoms. The summed E-state index contributed by atoms with van der Waals surface area (Å²) < 4.78 is 0. The van der Waals surface area contributed by atoms with E-state index in [4.69, 9.17) is 23.2 Å². The number of hydrogen-bond acceptors (Lipinski definition) is 4.